The number of rotatable bonds is 11. The van der Waals surface area contributed by atoms with Gasteiger partial charge in [0.15, 0.2) is 0 Å². The van der Waals surface area contributed by atoms with Crippen LogP contribution in [-0.2, 0) is 53.1 Å². The number of aliphatic hydroxyl groups is 3. The molecule has 0 bridgehead atoms. The zero-order valence-electron chi connectivity index (χ0n) is 58.8. The summed E-state index contributed by atoms with van der Waals surface area (Å²) in [5.41, 5.74) is 12.4. The first-order chi connectivity index (χ1) is 50.5. The molecule has 9 aromatic rings. The van der Waals surface area contributed by atoms with E-state index in [9.17, 15) is 29.7 Å². The second-order valence-corrected chi connectivity index (χ2v) is 29.4. The van der Waals surface area contributed by atoms with E-state index in [1.165, 1.54) is 16.2 Å². The quantitative estimate of drug-likeness (QED) is 0.0889. The molecule has 3 aliphatic carbocycles. The second kappa shape index (κ2) is 33.3. The van der Waals surface area contributed by atoms with E-state index in [0.29, 0.717) is 31.2 Å². The zero-order valence-corrected chi connectivity index (χ0v) is 59.5. The number of halogens is 1. The Balaban J connectivity index is 0.000000126. The molecule has 0 unspecified atom stereocenters. The fourth-order valence-electron chi connectivity index (χ4n) is 17.1. The van der Waals surface area contributed by atoms with Crippen LogP contribution in [-0.4, -0.2) is 178 Å². The van der Waals surface area contributed by atoms with Crippen molar-refractivity contribution in [3.63, 3.8) is 0 Å². The Kier molecular flexibility index (Phi) is 23.3. The lowest BCUT2D eigenvalue weighted by Crippen LogP contribution is -2.45. The van der Waals surface area contributed by atoms with Crippen molar-refractivity contribution < 1.29 is 43.9 Å². The van der Waals surface area contributed by atoms with Crippen LogP contribution in [0.5, 0.6) is 0 Å². The molecule has 4 N–H and O–H groups in total. The van der Waals surface area contributed by atoms with Gasteiger partial charge in [0.05, 0.1) is 76.1 Å². The fraction of sp³-hybridized carbons (Fsp3) is 0.435. The largest absolute Gasteiger partial charge is 0.391 e. The number of aliphatic hydroxyl groups excluding tert-OH is 3. The van der Waals surface area contributed by atoms with E-state index < -0.39 is 18.3 Å². The minimum Gasteiger partial charge on any atom is -0.391 e. The summed E-state index contributed by atoms with van der Waals surface area (Å²) in [6.45, 7) is 12.1. The third kappa shape index (κ3) is 15.8. The molecular weight excluding hydrogens is 1330 g/mol. The van der Waals surface area contributed by atoms with E-state index in [2.05, 4.69) is 105 Å². The summed E-state index contributed by atoms with van der Waals surface area (Å²) < 4.78 is 15.9. The van der Waals surface area contributed by atoms with Crippen LogP contribution in [0.1, 0.15) is 166 Å². The first-order valence-electron chi connectivity index (χ1n) is 37.5. The predicted molar refractivity (Wildman–Crippen MR) is 409 cm³/mol. The summed E-state index contributed by atoms with van der Waals surface area (Å²) in [5.74, 6) is 2.15. The molecule has 3 saturated carbocycles. The lowest BCUT2D eigenvalue weighted by atomic mass is 9.91. The predicted octanol–water partition coefficient (Wildman–Crippen LogP) is 12.8. The number of morpholine rings is 3. The van der Waals surface area contributed by atoms with Crippen molar-refractivity contribution in [1.29, 1.82) is 0 Å². The maximum Gasteiger partial charge on any atom is 0.254 e. The number of benzene rings is 6. The van der Waals surface area contributed by atoms with Crippen LogP contribution in [0.25, 0.3) is 32.3 Å². The highest BCUT2D eigenvalue weighted by atomic mass is 35.5. The minimum absolute atomic E-state index is 0. The van der Waals surface area contributed by atoms with Crippen LogP contribution in [0.2, 0.25) is 5.15 Å². The first-order valence-corrected chi connectivity index (χ1v) is 37.9. The third-order valence-corrected chi connectivity index (χ3v) is 22.8. The molecule has 0 spiro atoms. The van der Waals surface area contributed by atoms with Gasteiger partial charge < -0.3 is 59.3 Å². The van der Waals surface area contributed by atoms with Gasteiger partial charge in [-0.2, -0.15) is 0 Å². The van der Waals surface area contributed by atoms with Crippen LogP contribution < -0.4 is 15.1 Å². The summed E-state index contributed by atoms with van der Waals surface area (Å²) in [6, 6.07) is 43.3. The molecule has 3 saturated heterocycles. The van der Waals surface area contributed by atoms with E-state index in [-0.39, 0.29) is 43.3 Å². The van der Waals surface area contributed by atoms with Crippen molar-refractivity contribution in [3.05, 3.63) is 218 Å². The van der Waals surface area contributed by atoms with Crippen molar-refractivity contribution in [1.82, 2.24) is 35.0 Å². The number of hydrogen-bond acceptors (Lipinski definition) is 15. The highest BCUT2D eigenvalue weighted by molar-refractivity contribution is 6.29. The van der Waals surface area contributed by atoms with E-state index in [0.717, 1.165) is 263 Å². The Morgan fingerprint density at radius 2 is 0.721 bits per heavy atom. The molecule has 6 fully saturated rings. The molecule has 3 aromatic heterocycles. The van der Waals surface area contributed by atoms with Crippen molar-refractivity contribution in [2.24, 2.45) is 0 Å². The van der Waals surface area contributed by atoms with E-state index in [1.54, 1.807) is 12.3 Å². The fourth-order valence-corrected chi connectivity index (χ4v) is 17.2. The first kappa shape index (κ1) is 72.5. The average Bonchev–Trinajstić information content (AvgIpc) is 1.36. The third-order valence-electron chi connectivity index (χ3n) is 22.6. The molecule has 6 aromatic carbocycles. The van der Waals surface area contributed by atoms with Crippen LogP contribution in [0.4, 0.5) is 11.6 Å². The monoisotopic (exact) mass is 1420 g/mol. The number of pyridine rings is 3. The molecule has 18 nitrogen and oxygen atoms in total. The molecule has 104 heavy (non-hydrogen) atoms. The van der Waals surface area contributed by atoms with Gasteiger partial charge in [-0.25, -0.2) is 15.0 Å². The molecule has 18 rings (SSSR count). The topological polar surface area (TPSA) is 206 Å². The molecule has 544 valence electrons. The summed E-state index contributed by atoms with van der Waals surface area (Å²) in [6.07, 6.45) is 17.9. The number of carbonyl (C=O) groups excluding carboxylic acids is 3. The van der Waals surface area contributed by atoms with Gasteiger partial charge in [0.25, 0.3) is 17.7 Å². The molecule has 9 heterocycles. The van der Waals surface area contributed by atoms with Gasteiger partial charge >= 0.3 is 0 Å². The molecular formula is C85H98ClN9O9. The second-order valence-electron chi connectivity index (χ2n) is 29.0. The SMILES string of the molecule is C.C1COCCN1.O=C1c2cc(Cc3ccc(Cl)nc3)c3ccccc3c2CN1[C@H]1CCCC[C@@H]1O.O=C1c2cc(Cc3ccc(N4CCOCC4)nc3)c3ccccc3c2CN1[C@H]1CCCC[C@@H]1O.O=C1c2cc(Cc3ccc(N4CCOCC4)nc3)c3ccccc3c2CN1[C@H]1CCCC[C@@H]1O. The van der Waals surface area contributed by atoms with Crippen molar-refractivity contribution in [3.8, 4) is 0 Å². The lowest BCUT2D eigenvalue weighted by molar-refractivity contribution is 0.0191. The smallest absolute Gasteiger partial charge is 0.254 e. The van der Waals surface area contributed by atoms with E-state index in [4.69, 9.17) is 35.8 Å². The van der Waals surface area contributed by atoms with Crippen LogP contribution in [0.15, 0.2) is 146 Å². The molecule has 3 amide bonds. The number of nitrogens with one attached hydrogen (secondary N) is 1. The van der Waals surface area contributed by atoms with Gasteiger partial charge in [-0.1, -0.05) is 149 Å². The number of nitrogens with zero attached hydrogens (tertiary/aromatic N) is 8. The molecule has 6 atom stereocenters. The average molecular weight is 1430 g/mol. The Morgan fingerprint density at radius 1 is 0.404 bits per heavy atom. The number of carbonyl (C=O) groups is 3. The number of fused-ring (bicyclic) bond motifs is 9. The van der Waals surface area contributed by atoms with Crippen molar-refractivity contribution >= 4 is 73.3 Å². The van der Waals surface area contributed by atoms with Gasteiger partial charge in [0.1, 0.15) is 16.8 Å². The van der Waals surface area contributed by atoms with Gasteiger partial charge in [0.2, 0.25) is 0 Å². The van der Waals surface area contributed by atoms with Gasteiger partial charge in [0, 0.05) is 94.2 Å². The summed E-state index contributed by atoms with van der Waals surface area (Å²) in [4.78, 5) is 64.2. The molecule has 6 aliphatic heterocycles. The minimum atomic E-state index is -0.423. The van der Waals surface area contributed by atoms with Crippen LogP contribution in [0.3, 0.4) is 0 Å². The standard InChI is InChI=1S/2C28H31N3O3.C24H23ClN2O2.C4H9NO.CH4/c2*32-26-8-4-3-7-25(26)31-18-24-22-6-2-1-5-21(22)20(16-23(24)28(31)33)15-19-9-10-27(29-17-19)30-11-13-34-14-12-30;25-23-10-9-15(13-26-23)11-16-12-19-20(18-6-2-1-5-17(16)18)14-27(24(19)29)21-7-3-4-8-22(21)28;1-3-6-4-2-5-1;/h2*1-2,5-6,9-10,16-17,25-26,32H,3-4,7-8,11-15,18H2;1-2,5-6,9-10,12-13,21-22,28H,3-4,7-8,11,14H2;5H,1-4H2;1H4/t2*25-,26-;21-,22-;;/m000../s1. The summed E-state index contributed by atoms with van der Waals surface area (Å²) >= 11 is 5.93. The Labute approximate surface area is 615 Å². The zero-order chi connectivity index (χ0) is 70.3. The van der Waals surface area contributed by atoms with Gasteiger partial charge in [-0.15, -0.1) is 0 Å². The molecule has 19 heteroatoms. The number of hydrogen-bond donors (Lipinski definition) is 4. The Hall–Kier alpha value is -8.43. The van der Waals surface area contributed by atoms with Gasteiger partial charge in [-0.05, 0) is 177 Å². The van der Waals surface area contributed by atoms with Crippen molar-refractivity contribution in [2.45, 2.75) is 160 Å². The normalized spacial score (nSPS) is 22.4. The van der Waals surface area contributed by atoms with Crippen LogP contribution in [0, 0.1) is 0 Å². The number of ether oxygens (including phenoxy) is 3. The van der Waals surface area contributed by atoms with Crippen LogP contribution >= 0.6 is 11.6 Å². The highest BCUT2D eigenvalue weighted by Crippen LogP contribution is 2.41. The lowest BCUT2D eigenvalue weighted by Gasteiger charge is -2.35. The number of anilines is 2. The Bertz CT molecular complexity index is 4290. The Morgan fingerprint density at radius 3 is 1.01 bits per heavy atom. The van der Waals surface area contributed by atoms with Crippen molar-refractivity contribution in [2.75, 3.05) is 88.7 Å². The number of aromatic nitrogens is 3. The number of amides is 3. The highest BCUT2D eigenvalue weighted by Gasteiger charge is 2.42. The summed E-state index contributed by atoms with van der Waals surface area (Å²) in [5, 5.41) is 42.3. The van der Waals surface area contributed by atoms with E-state index in [1.807, 2.05) is 63.5 Å². The molecule has 9 aliphatic rings. The maximum absolute atomic E-state index is 13.5. The maximum atomic E-state index is 13.5. The molecule has 0 radical (unpaired) electrons. The summed E-state index contributed by atoms with van der Waals surface area (Å²) in [7, 11) is 0. The van der Waals surface area contributed by atoms with E-state index >= 15 is 0 Å². The van der Waals surface area contributed by atoms with Gasteiger partial charge in [-0.3, -0.25) is 14.4 Å².